The molecule has 0 radical (unpaired) electrons. The largest absolute Gasteiger partial charge is 0.508 e. The first-order valence-corrected chi connectivity index (χ1v) is 7.29. The summed E-state index contributed by atoms with van der Waals surface area (Å²) in [5.41, 5.74) is 2.67. The van der Waals surface area contributed by atoms with Gasteiger partial charge in [-0.05, 0) is 55.1 Å². The number of hydrogen-bond acceptors (Lipinski definition) is 2. The van der Waals surface area contributed by atoms with Crippen LogP contribution in [-0.4, -0.2) is 18.2 Å². The van der Waals surface area contributed by atoms with Crippen molar-refractivity contribution in [2.24, 2.45) is 0 Å². The molecule has 1 atom stereocenters. The fourth-order valence-corrected chi connectivity index (χ4v) is 2.29. The molecule has 2 N–H and O–H groups in total. The van der Waals surface area contributed by atoms with Crippen LogP contribution < -0.4 is 5.32 Å². The molecule has 0 saturated heterocycles. The Morgan fingerprint density at radius 3 is 2.35 bits per heavy atom. The van der Waals surface area contributed by atoms with Crippen molar-refractivity contribution in [2.75, 3.05) is 13.1 Å². The maximum Gasteiger partial charge on any atom is 0.115 e. The molecule has 2 aromatic rings. The Morgan fingerprint density at radius 2 is 1.65 bits per heavy atom. The summed E-state index contributed by atoms with van der Waals surface area (Å²) in [7, 11) is 0. The highest BCUT2D eigenvalue weighted by atomic mass is 16.3. The Hall–Kier alpha value is -1.80. The SMILES string of the molecule is CC(CCNCCc1ccc(O)cc1)c1ccccc1. The second-order valence-corrected chi connectivity index (χ2v) is 5.27. The number of rotatable bonds is 7. The predicted octanol–water partition coefficient (Wildman–Crippen LogP) is 3.72. The molecule has 2 aromatic carbocycles. The van der Waals surface area contributed by atoms with Crippen LogP contribution >= 0.6 is 0 Å². The molecule has 20 heavy (non-hydrogen) atoms. The summed E-state index contributed by atoms with van der Waals surface area (Å²) in [6, 6.07) is 18.1. The Bertz CT molecular complexity index is 493. The highest BCUT2D eigenvalue weighted by Crippen LogP contribution is 2.17. The van der Waals surface area contributed by atoms with E-state index in [1.165, 1.54) is 11.1 Å². The molecular weight excluding hydrogens is 246 g/mol. The Morgan fingerprint density at radius 1 is 0.950 bits per heavy atom. The van der Waals surface area contributed by atoms with Crippen LogP contribution in [0.15, 0.2) is 54.6 Å². The number of benzene rings is 2. The summed E-state index contributed by atoms with van der Waals surface area (Å²) < 4.78 is 0. The van der Waals surface area contributed by atoms with Crippen molar-refractivity contribution in [2.45, 2.75) is 25.7 Å². The van der Waals surface area contributed by atoms with Gasteiger partial charge in [0.05, 0.1) is 0 Å². The van der Waals surface area contributed by atoms with Crippen LogP contribution in [0.25, 0.3) is 0 Å². The van der Waals surface area contributed by atoms with E-state index < -0.39 is 0 Å². The Labute approximate surface area is 121 Å². The zero-order chi connectivity index (χ0) is 14.2. The van der Waals surface area contributed by atoms with Crippen molar-refractivity contribution in [3.8, 4) is 5.75 Å². The van der Waals surface area contributed by atoms with Gasteiger partial charge in [-0.3, -0.25) is 0 Å². The number of phenols is 1. The maximum atomic E-state index is 9.22. The van der Waals surface area contributed by atoms with Crippen molar-refractivity contribution in [1.82, 2.24) is 5.32 Å². The van der Waals surface area contributed by atoms with E-state index >= 15 is 0 Å². The van der Waals surface area contributed by atoms with E-state index in [0.29, 0.717) is 11.7 Å². The molecule has 2 heteroatoms. The molecule has 0 spiro atoms. The molecule has 0 amide bonds. The van der Waals surface area contributed by atoms with Gasteiger partial charge in [-0.1, -0.05) is 49.4 Å². The minimum Gasteiger partial charge on any atom is -0.508 e. The predicted molar refractivity (Wildman–Crippen MR) is 84.2 cm³/mol. The van der Waals surface area contributed by atoms with Crippen molar-refractivity contribution in [1.29, 1.82) is 0 Å². The first-order chi connectivity index (χ1) is 9.75. The molecule has 0 fully saturated rings. The van der Waals surface area contributed by atoms with Crippen LogP contribution in [0.1, 0.15) is 30.4 Å². The summed E-state index contributed by atoms with van der Waals surface area (Å²) in [6.07, 6.45) is 2.15. The van der Waals surface area contributed by atoms with Gasteiger partial charge in [-0.25, -0.2) is 0 Å². The van der Waals surface area contributed by atoms with Crippen LogP contribution in [0.3, 0.4) is 0 Å². The standard InChI is InChI=1S/C18H23NO/c1-15(17-5-3-2-4-6-17)11-13-19-14-12-16-7-9-18(20)10-8-16/h2-10,15,19-20H,11-14H2,1H3. The fourth-order valence-electron chi connectivity index (χ4n) is 2.29. The van der Waals surface area contributed by atoms with Gasteiger partial charge in [0.2, 0.25) is 0 Å². The van der Waals surface area contributed by atoms with E-state index in [0.717, 1.165) is 25.9 Å². The van der Waals surface area contributed by atoms with Crippen LogP contribution in [0.4, 0.5) is 0 Å². The number of aromatic hydroxyl groups is 1. The second kappa shape index (κ2) is 7.71. The third kappa shape index (κ3) is 4.71. The molecule has 0 aliphatic carbocycles. The minimum absolute atomic E-state index is 0.332. The lowest BCUT2D eigenvalue weighted by molar-refractivity contribution is 0.475. The highest BCUT2D eigenvalue weighted by Gasteiger charge is 2.03. The van der Waals surface area contributed by atoms with Crippen LogP contribution in [-0.2, 0) is 6.42 Å². The minimum atomic E-state index is 0.332. The summed E-state index contributed by atoms with van der Waals surface area (Å²) in [5, 5.41) is 12.7. The molecule has 106 valence electrons. The highest BCUT2D eigenvalue weighted by molar-refractivity contribution is 5.26. The van der Waals surface area contributed by atoms with Crippen molar-refractivity contribution < 1.29 is 5.11 Å². The van der Waals surface area contributed by atoms with E-state index in [-0.39, 0.29) is 0 Å². The van der Waals surface area contributed by atoms with E-state index in [1.807, 2.05) is 12.1 Å². The zero-order valence-electron chi connectivity index (χ0n) is 12.0. The maximum absolute atomic E-state index is 9.22. The van der Waals surface area contributed by atoms with E-state index in [9.17, 15) is 5.11 Å². The molecule has 0 aromatic heterocycles. The lowest BCUT2D eigenvalue weighted by atomic mass is 9.98. The van der Waals surface area contributed by atoms with Crippen LogP contribution in [0.5, 0.6) is 5.75 Å². The molecule has 0 aliphatic rings. The molecule has 0 heterocycles. The average molecular weight is 269 g/mol. The van der Waals surface area contributed by atoms with Crippen LogP contribution in [0.2, 0.25) is 0 Å². The van der Waals surface area contributed by atoms with Gasteiger partial charge in [0.15, 0.2) is 0 Å². The second-order valence-electron chi connectivity index (χ2n) is 5.27. The zero-order valence-corrected chi connectivity index (χ0v) is 12.0. The summed E-state index contributed by atoms with van der Waals surface area (Å²) in [5.74, 6) is 0.927. The lowest BCUT2D eigenvalue weighted by Gasteiger charge is -2.12. The average Bonchev–Trinajstić information content (AvgIpc) is 2.49. The molecule has 0 saturated carbocycles. The third-order valence-electron chi connectivity index (χ3n) is 3.65. The number of hydrogen-bond donors (Lipinski definition) is 2. The van der Waals surface area contributed by atoms with E-state index in [1.54, 1.807) is 12.1 Å². The van der Waals surface area contributed by atoms with Gasteiger partial charge < -0.3 is 10.4 Å². The Balaban J connectivity index is 1.63. The van der Waals surface area contributed by atoms with Crippen molar-refractivity contribution in [3.05, 3.63) is 65.7 Å². The van der Waals surface area contributed by atoms with Gasteiger partial charge >= 0.3 is 0 Å². The fraction of sp³-hybridized carbons (Fsp3) is 0.333. The van der Waals surface area contributed by atoms with Gasteiger partial charge in [-0.2, -0.15) is 0 Å². The van der Waals surface area contributed by atoms with Gasteiger partial charge in [0.1, 0.15) is 5.75 Å². The van der Waals surface area contributed by atoms with Crippen molar-refractivity contribution >= 4 is 0 Å². The lowest BCUT2D eigenvalue weighted by Crippen LogP contribution is -2.19. The van der Waals surface area contributed by atoms with Gasteiger partial charge in [0.25, 0.3) is 0 Å². The van der Waals surface area contributed by atoms with E-state index in [4.69, 9.17) is 0 Å². The topological polar surface area (TPSA) is 32.3 Å². The molecule has 1 unspecified atom stereocenters. The first kappa shape index (κ1) is 14.6. The molecule has 0 bridgehead atoms. The molecule has 0 aliphatic heterocycles. The Kier molecular flexibility index (Phi) is 5.63. The van der Waals surface area contributed by atoms with Gasteiger partial charge in [0, 0.05) is 0 Å². The first-order valence-electron chi connectivity index (χ1n) is 7.29. The monoisotopic (exact) mass is 269 g/mol. The van der Waals surface area contributed by atoms with Crippen molar-refractivity contribution in [3.63, 3.8) is 0 Å². The van der Waals surface area contributed by atoms with Gasteiger partial charge in [-0.15, -0.1) is 0 Å². The summed E-state index contributed by atoms with van der Waals surface area (Å²) in [4.78, 5) is 0. The smallest absolute Gasteiger partial charge is 0.115 e. The molecule has 2 nitrogen and oxygen atoms in total. The third-order valence-corrected chi connectivity index (χ3v) is 3.65. The summed E-state index contributed by atoms with van der Waals surface area (Å²) in [6.45, 7) is 4.29. The number of nitrogens with one attached hydrogen (secondary N) is 1. The number of phenolic OH excluding ortho intramolecular Hbond substituents is 1. The molecular formula is C18H23NO. The summed E-state index contributed by atoms with van der Waals surface area (Å²) >= 11 is 0. The normalized spacial score (nSPS) is 12.2. The quantitative estimate of drug-likeness (QED) is 0.751. The van der Waals surface area contributed by atoms with E-state index in [2.05, 4.69) is 42.6 Å². The molecule has 2 rings (SSSR count). The van der Waals surface area contributed by atoms with Crippen LogP contribution in [0, 0.1) is 0 Å².